The van der Waals surface area contributed by atoms with Crippen molar-refractivity contribution < 1.29 is 19.7 Å². The van der Waals surface area contributed by atoms with E-state index < -0.39 is 17.0 Å². The summed E-state index contributed by atoms with van der Waals surface area (Å²) in [6.45, 7) is 6.17. The molecule has 1 aliphatic rings. The average molecular weight is 216 g/mol. The van der Waals surface area contributed by atoms with Gasteiger partial charge in [0.1, 0.15) is 0 Å². The van der Waals surface area contributed by atoms with E-state index in [1.54, 1.807) is 6.92 Å². The molecule has 1 fully saturated rings. The van der Waals surface area contributed by atoms with Crippen molar-refractivity contribution in [1.29, 1.82) is 0 Å². The van der Waals surface area contributed by atoms with Crippen molar-refractivity contribution in [2.75, 3.05) is 13.2 Å². The van der Waals surface area contributed by atoms with Crippen LogP contribution in [0.15, 0.2) is 0 Å². The van der Waals surface area contributed by atoms with E-state index in [4.69, 9.17) is 4.74 Å². The van der Waals surface area contributed by atoms with E-state index in [1.165, 1.54) is 0 Å². The first-order valence-electron chi connectivity index (χ1n) is 5.38. The zero-order valence-corrected chi connectivity index (χ0v) is 9.62. The molecule has 1 rings (SSSR count). The molecule has 1 heterocycles. The minimum absolute atomic E-state index is 0.113. The summed E-state index contributed by atoms with van der Waals surface area (Å²) in [6.07, 6.45) is 0.794. The molecule has 1 atom stereocenters. The number of hydrogen-bond acceptors (Lipinski definition) is 3. The maximum absolute atomic E-state index is 11.4. The van der Waals surface area contributed by atoms with Crippen molar-refractivity contribution in [2.45, 2.75) is 39.2 Å². The van der Waals surface area contributed by atoms with E-state index in [2.05, 4.69) is 0 Å². The summed E-state index contributed by atoms with van der Waals surface area (Å²) in [7, 11) is 0. The van der Waals surface area contributed by atoms with Crippen LogP contribution in [0.1, 0.15) is 33.6 Å². The summed E-state index contributed by atoms with van der Waals surface area (Å²) in [5.41, 5.74) is -2.25. The second-order valence-electron chi connectivity index (χ2n) is 4.81. The van der Waals surface area contributed by atoms with E-state index >= 15 is 0 Å². The minimum Gasteiger partial charge on any atom is -0.481 e. The summed E-state index contributed by atoms with van der Waals surface area (Å²) in [6, 6.07) is 0. The van der Waals surface area contributed by atoms with Gasteiger partial charge in [-0.3, -0.25) is 4.79 Å². The molecule has 0 amide bonds. The molecule has 1 unspecified atom stereocenters. The highest BCUT2D eigenvalue weighted by Crippen LogP contribution is 2.44. The maximum Gasteiger partial charge on any atom is 0.312 e. The number of hydrogen-bond donors (Lipinski definition) is 2. The Morgan fingerprint density at radius 1 is 1.40 bits per heavy atom. The van der Waals surface area contributed by atoms with E-state index in [0.29, 0.717) is 26.1 Å². The number of aliphatic hydroxyl groups is 1. The Kier molecular flexibility index (Phi) is 3.41. The molecule has 0 saturated carbocycles. The largest absolute Gasteiger partial charge is 0.481 e. The van der Waals surface area contributed by atoms with Crippen LogP contribution in [0.3, 0.4) is 0 Å². The van der Waals surface area contributed by atoms with Crippen molar-refractivity contribution in [3.05, 3.63) is 0 Å². The monoisotopic (exact) mass is 216 g/mol. The second kappa shape index (κ2) is 4.10. The molecule has 2 N–H and O–H groups in total. The topological polar surface area (TPSA) is 66.8 Å². The lowest BCUT2D eigenvalue weighted by molar-refractivity contribution is -0.189. The quantitative estimate of drug-likeness (QED) is 0.745. The van der Waals surface area contributed by atoms with Crippen LogP contribution in [0.5, 0.6) is 0 Å². The summed E-state index contributed by atoms with van der Waals surface area (Å²) in [5, 5.41) is 19.8. The third-order valence-corrected chi connectivity index (χ3v) is 3.89. The van der Waals surface area contributed by atoms with Crippen LogP contribution >= 0.6 is 0 Å². The van der Waals surface area contributed by atoms with Crippen LogP contribution in [0.4, 0.5) is 0 Å². The van der Waals surface area contributed by atoms with E-state index in [0.717, 1.165) is 0 Å². The molecule has 15 heavy (non-hydrogen) atoms. The number of aliphatic carboxylic acids is 1. The lowest BCUT2D eigenvalue weighted by Crippen LogP contribution is -2.57. The Morgan fingerprint density at radius 2 is 1.87 bits per heavy atom. The van der Waals surface area contributed by atoms with Crippen LogP contribution < -0.4 is 0 Å². The third kappa shape index (κ3) is 1.88. The smallest absolute Gasteiger partial charge is 0.312 e. The van der Waals surface area contributed by atoms with Crippen LogP contribution in [0.2, 0.25) is 0 Å². The van der Waals surface area contributed by atoms with E-state index in [1.807, 2.05) is 13.8 Å². The van der Waals surface area contributed by atoms with Gasteiger partial charge >= 0.3 is 5.97 Å². The molecule has 0 bridgehead atoms. The highest BCUT2D eigenvalue weighted by Gasteiger charge is 2.54. The predicted octanol–water partition coefficient (Wildman–Crippen LogP) is 1.27. The normalized spacial score (nSPS) is 24.9. The Balaban J connectivity index is 3.02. The van der Waals surface area contributed by atoms with Gasteiger partial charge in [0.25, 0.3) is 0 Å². The number of carboxylic acid groups (broad SMARTS) is 1. The summed E-state index contributed by atoms with van der Waals surface area (Å²) < 4.78 is 5.17. The Morgan fingerprint density at radius 3 is 2.20 bits per heavy atom. The van der Waals surface area contributed by atoms with Gasteiger partial charge in [0.15, 0.2) is 0 Å². The van der Waals surface area contributed by atoms with Crippen molar-refractivity contribution in [2.24, 2.45) is 11.3 Å². The maximum atomic E-state index is 11.4. The van der Waals surface area contributed by atoms with Gasteiger partial charge in [0.2, 0.25) is 0 Å². The molecule has 4 heteroatoms. The second-order valence-corrected chi connectivity index (χ2v) is 4.81. The van der Waals surface area contributed by atoms with Gasteiger partial charge in [-0.1, -0.05) is 13.8 Å². The lowest BCUT2D eigenvalue weighted by Gasteiger charge is -2.46. The van der Waals surface area contributed by atoms with Crippen molar-refractivity contribution >= 4 is 5.97 Å². The number of ether oxygens (including phenoxy) is 1. The van der Waals surface area contributed by atoms with Crippen molar-refractivity contribution in [1.82, 2.24) is 0 Å². The van der Waals surface area contributed by atoms with Gasteiger partial charge in [-0.25, -0.2) is 0 Å². The molecule has 0 radical (unpaired) electrons. The van der Waals surface area contributed by atoms with Crippen LogP contribution in [-0.4, -0.2) is 35.0 Å². The molecule has 0 spiro atoms. The fraction of sp³-hybridized carbons (Fsp3) is 0.909. The number of carboxylic acids is 1. The zero-order valence-electron chi connectivity index (χ0n) is 9.62. The summed E-state index contributed by atoms with van der Waals surface area (Å²) in [4.78, 5) is 11.4. The van der Waals surface area contributed by atoms with Gasteiger partial charge in [-0.05, 0) is 12.8 Å². The molecule has 0 aromatic carbocycles. The minimum atomic E-state index is -1.15. The standard InChI is InChI=1S/C11H20O4/c1-8(2)10(3,9(12)13)11(14)4-6-15-7-5-11/h8,14H,4-7H2,1-3H3,(H,12,13). The fourth-order valence-electron chi connectivity index (χ4n) is 2.21. The molecular weight excluding hydrogens is 196 g/mol. The molecule has 1 saturated heterocycles. The SMILES string of the molecule is CC(C)C(C)(C(=O)O)C1(O)CCOCC1. The van der Waals surface area contributed by atoms with Gasteiger partial charge in [-0.15, -0.1) is 0 Å². The van der Waals surface area contributed by atoms with Crippen molar-refractivity contribution in [3.63, 3.8) is 0 Å². The molecular formula is C11H20O4. The number of carbonyl (C=O) groups is 1. The first-order chi connectivity index (χ1) is 6.84. The van der Waals surface area contributed by atoms with Crippen molar-refractivity contribution in [3.8, 4) is 0 Å². The van der Waals surface area contributed by atoms with E-state index in [-0.39, 0.29) is 5.92 Å². The number of rotatable bonds is 3. The van der Waals surface area contributed by atoms with Gasteiger partial charge in [0, 0.05) is 26.1 Å². The Hall–Kier alpha value is -0.610. The Bertz CT molecular complexity index is 243. The summed E-state index contributed by atoms with van der Waals surface area (Å²) >= 11 is 0. The molecule has 1 aliphatic heterocycles. The molecule has 4 nitrogen and oxygen atoms in total. The first-order valence-corrected chi connectivity index (χ1v) is 5.38. The molecule has 88 valence electrons. The highest BCUT2D eigenvalue weighted by molar-refractivity contribution is 5.76. The van der Waals surface area contributed by atoms with Crippen LogP contribution in [0.25, 0.3) is 0 Å². The van der Waals surface area contributed by atoms with E-state index in [9.17, 15) is 15.0 Å². The van der Waals surface area contributed by atoms with Gasteiger partial charge in [-0.2, -0.15) is 0 Å². The van der Waals surface area contributed by atoms with Crippen LogP contribution in [0, 0.1) is 11.3 Å². The molecule has 0 aliphatic carbocycles. The first kappa shape index (κ1) is 12.5. The molecule has 0 aromatic rings. The molecule has 0 aromatic heterocycles. The average Bonchev–Trinajstić information content (AvgIpc) is 2.16. The lowest BCUT2D eigenvalue weighted by atomic mass is 9.63. The van der Waals surface area contributed by atoms with Gasteiger partial charge in [0.05, 0.1) is 11.0 Å². The zero-order chi connectivity index (χ0) is 11.7. The fourth-order valence-corrected chi connectivity index (χ4v) is 2.21. The predicted molar refractivity (Wildman–Crippen MR) is 55.6 cm³/mol. The van der Waals surface area contributed by atoms with Crippen LogP contribution in [-0.2, 0) is 9.53 Å². The summed E-state index contributed by atoms with van der Waals surface area (Å²) in [5.74, 6) is -1.04. The van der Waals surface area contributed by atoms with Gasteiger partial charge < -0.3 is 14.9 Å². The third-order valence-electron chi connectivity index (χ3n) is 3.89. The Labute approximate surface area is 90.2 Å². The highest BCUT2D eigenvalue weighted by atomic mass is 16.5.